The number of nitrogens with zero attached hydrogens (tertiary/aromatic N) is 3. The molecule has 0 saturated heterocycles. The molecule has 1 N–H and O–H groups in total. The fraction of sp³-hybridized carbons (Fsp3) is 0.357. The first-order chi connectivity index (χ1) is 9.83. The van der Waals surface area contributed by atoms with Gasteiger partial charge in [-0.15, -0.1) is 0 Å². The minimum atomic E-state index is -0.402. The molecule has 0 spiro atoms. The molecule has 6 heteroatoms. The van der Waals surface area contributed by atoms with Crippen molar-refractivity contribution in [3.05, 3.63) is 42.5 Å². The number of carbonyl (C=O) groups is 1. The number of para-hydroxylation sites is 1. The van der Waals surface area contributed by atoms with Crippen molar-refractivity contribution in [2.24, 2.45) is 0 Å². The van der Waals surface area contributed by atoms with Crippen molar-refractivity contribution in [1.82, 2.24) is 14.8 Å². The van der Waals surface area contributed by atoms with Gasteiger partial charge in [0.1, 0.15) is 18.8 Å². The van der Waals surface area contributed by atoms with Crippen LogP contribution in [0, 0.1) is 0 Å². The van der Waals surface area contributed by atoms with Crippen LogP contribution in [-0.4, -0.2) is 33.4 Å². The third-order valence-electron chi connectivity index (χ3n) is 3.29. The summed E-state index contributed by atoms with van der Waals surface area (Å²) in [6.07, 6.45) is 4.21. The van der Waals surface area contributed by atoms with Crippen LogP contribution in [0.25, 0.3) is 0 Å². The molecule has 1 aliphatic rings. The molecule has 0 saturated carbocycles. The zero-order valence-electron chi connectivity index (χ0n) is 11.0. The summed E-state index contributed by atoms with van der Waals surface area (Å²) in [4.78, 5) is 15.8. The Morgan fingerprint density at radius 1 is 1.40 bits per heavy atom. The lowest BCUT2D eigenvalue weighted by molar-refractivity contribution is -0.128. The van der Waals surface area contributed by atoms with E-state index in [0.29, 0.717) is 13.0 Å². The highest BCUT2D eigenvalue weighted by Gasteiger charge is 2.26. The number of ether oxygens (including phenoxy) is 1. The lowest BCUT2D eigenvalue weighted by Gasteiger charge is -2.24. The Labute approximate surface area is 116 Å². The maximum atomic E-state index is 11.9. The SMILES string of the molecule is O=C1Nc2ccccc2CC1OCCCn1cncn1. The van der Waals surface area contributed by atoms with Gasteiger partial charge in [-0.3, -0.25) is 9.48 Å². The minimum Gasteiger partial charge on any atom is -0.368 e. The first kappa shape index (κ1) is 12.8. The summed E-state index contributed by atoms with van der Waals surface area (Å²) in [7, 11) is 0. The summed E-state index contributed by atoms with van der Waals surface area (Å²) in [5, 5.41) is 6.89. The maximum Gasteiger partial charge on any atom is 0.253 e. The fourth-order valence-electron chi connectivity index (χ4n) is 2.26. The third-order valence-corrected chi connectivity index (χ3v) is 3.29. The van der Waals surface area contributed by atoms with E-state index in [1.54, 1.807) is 11.0 Å². The Morgan fingerprint density at radius 3 is 3.15 bits per heavy atom. The third kappa shape index (κ3) is 2.85. The number of anilines is 1. The summed E-state index contributed by atoms with van der Waals surface area (Å²) in [6.45, 7) is 1.27. The van der Waals surface area contributed by atoms with Crippen molar-refractivity contribution in [2.75, 3.05) is 11.9 Å². The van der Waals surface area contributed by atoms with Crippen molar-refractivity contribution in [1.29, 1.82) is 0 Å². The van der Waals surface area contributed by atoms with Gasteiger partial charge in [0.2, 0.25) is 0 Å². The number of aryl methyl sites for hydroxylation is 1. The van der Waals surface area contributed by atoms with Crippen molar-refractivity contribution in [3.8, 4) is 0 Å². The van der Waals surface area contributed by atoms with E-state index in [9.17, 15) is 4.79 Å². The van der Waals surface area contributed by atoms with E-state index in [2.05, 4.69) is 15.4 Å². The Hall–Kier alpha value is -2.21. The van der Waals surface area contributed by atoms with Gasteiger partial charge in [0.15, 0.2) is 0 Å². The van der Waals surface area contributed by atoms with Crippen molar-refractivity contribution in [2.45, 2.75) is 25.5 Å². The van der Waals surface area contributed by atoms with E-state index >= 15 is 0 Å². The number of hydrogen-bond acceptors (Lipinski definition) is 4. The Kier molecular flexibility index (Phi) is 3.73. The molecule has 3 rings (SSSR count). The van der Waals surface area contributed by atoms with Gasteiger partial charge in [0, 0.05) is 25.3 Å². The summed E-state index contributed by atoms with van der Waals surface area (Å²) in [5.74, 6) is -0.0653. The fourth-order valence-corrected chi connectivity index (χ4v) is 2.26. The largest absolute Gasteiger partial charge is 0.368 e. The number of hydrogen-bond donors (Lipinski definition) is 1. The molecule has 104 valence electrons. The van der Waals surface area contributed by atoms with Crippen molar-refractivity contribution >= 4 is 11.6 Å². The normalized spacial score (nSPS) is 17.6. The molecule has 2 heterocycles. The molecule has 0 fully saturated rings. The average molecular weight is 272 g/mol. The first-order valence-corrected chi connectivity index (χ1v) is 6.66. The molecule has 0 bridgehead atoms. The molecule has 1 atom stereocenters. The van der Waals surface area contributed by atoms with Crippen LogP contribution in [0.4, 0.5) is 5.69 Å². The van der Waals surface area contributed by atoms with Gasteiger partial charge < -0.3 is 10.1 Å². The average Bonchev–Trinajstić information content (AvgIpc) is 2.97. The van der Waals surface area contributed by atoms with Crippen LogP contribution in [0.15, 0.2) is 36.9 Å². The summed E-state index contributed by atoms with van der Waals surface area (Å²) in [6, 6.07) is 7.81. The number of amides is 1. The van der Waals surface area contributed by atoms with E-state index in [0.717, 1.165) is 24.2 Å². The molecule has 1 unspecified atom stereocenters. The van der Waals surface area contributed by atoms with E-state index in [1.807, 2.05) is 24.3 Å². The van der Waals surface area contributed by atoms with Crippen LogP contribution >= 0.6 is 0 Å². The number of fused-ring (bicyclic) bond motifs is 1. The lowest BCUT2D eigenvalue weighted by atomic mass is 10.0. The van der Waals surface area contributed by atoms with Crippen LogP contribution in [0.3, 0.4) is 0 Å². The highest BCUT2D eigenvalue weighted by Crippen LogP contribution is 2.23. The van der Waals surface area contributed by atoms with E-state index in [4.69, 9.17) is 4.74 Å². The second-order valence-corrected chi connectivity index (χ2v) is 4.72. The van der Waals surface area contributed by atoms with Gasteiger partial charge in [-0.1, -0.05) is 18.2 Å². The molecule has 2 aromatic rings. The monoisotopic (exact) mass is 272 g/mol. The molecule has 6 nitrogen and oxygen atoms in total. The highest BCUT2D eigenvalue weighted by atomic mass is 16.5. The number of carbonyl (C=O) groups excluding carboxylic acids is 1. The van der Waals surface area contributed by atoms with Gasteiger partial charge in [-0.05, 0) is 18.1 Å². The lowest BCUT2D eigenvalue weighted by Crippen LogP contribution is -2.36. The van der Waals surface area contributed by atoms with Gasteiger partial charge >= 0.3 is 0 Å². The van der Waals surface area contributed by atoms with Crippen LogP contribution < -0.4 is 5.32 Å². The van der Waals surface area contributed by atoms with Crippen LogP contribution in [0.2, 0.25) is 0 Å². The Morgan fingerprint density at radius 2 is 2.30 bits per heavy atom. The molecule has 0 aliphatic carbocycles. The highest BCUT2D eigenvalue weighted by molar-refractivity contribution is 5.97. The minimum absolute atomic E-state index is 0.0653. The first-order valence-electron chi connectivity index (χ1n) is 6.66. The van der Waals surface area contributed by atoms with Gasteiger partial charge in [0.25, 0.3) is 5.91 Å². The Balaban J connectivity index is 1.50. The van der Waals surface area contributed by atoms with Crippen LogP contribution in [0.5, 0.6) is 0 Å². The van der Waals surface area contributed by atoms with Crippen LogP contribution in [-0.2, 0) is 22.5 Å². The zero-order chi connectivity index (χ0) is 13.8. The second kappa shape index (κ2) is 5.83. The predicted octanol–water partition coefficient (Wildman–Crippen LogP) is 1.25. The van der Waals surface area contributed by atoms with E-state index in [1.165, 1.54) is 6.33 Å². The van der Waals surface area contributed by atoms with Crippen molar-refractivity contribution < 1.29 is 9.53 Å². The van der Waals surface area contributed by atoms with Crippen LogP contribution in [0.1, 0.15) is 12.0 Å². The topological polar surface area (TPSA) is 69.0 Å². The van der Waals surface area contributed by atoms with Gasteiger partial charge in [-0.25, -0.2) is 4.98 Å². The molecule has 1 aromatic heterocycles. The molecule has 1 aliphatic heterocycles. The van der Waals surface area contributed by atoms with Crippen molar-refractivity contribution in [3.63, 3.8) is 0 Å². The summed E-state index contributed by atoms with van der Waals surface area (Å²) < 4.78 is 7.43. The number of aromatic nitrogens is 3. The summed E-state index contributed by atoms with van der Waals surface area (Å²) in [5.41, 5.74) is 2.01. The second-order valence-electron chi connectivity index (χ2n) is 4.72. The number of rotatable bonds is 5. The number of nitrogens with one attached hydrogen (secondary N) is 1. The smallest absolute Gasteiger partial charge is 0.253 e. The molecule has 1 aromatic carbocycles. The predicted molar refractivity (Wildman–Crippen MR) is 73.2 cm³/mol. The molecule has 0 radical (unpaired) electrons. The van der Waals surface area contributed by atoms with E-state index in [-0.39, 0.29) is 5.91 Å². The summed E-state index contributed by atoms with van der Waals surface area (Å²) >= 11 is 0. The molecular formula is C14H16N4O2. The quantitative estimate of drug-likeness (QED) is 0.832. The zero-order valence-corrected chi connectivity index (χ0v) is 11.0. The Bertz CT molecular complexity index is 583. The number of benzene rings is 1. The van der Waals surface area contributed by atoms with Gasteiger partial charge in [-0.2, -0.15) is 5.10 Å². The standard InChI is InChI=1S/C14H16N4O2/c19-14-13(8-11-4-1-2-5-12(11)17-14)20-7-3-6-18-10-15-9-16-18/h1-2,4-5,9-10,13H,3,6-8H2,(H,17,19). The molecular weight excluding hydrogens is 256 g/mol. The van der Waals surface area contributed by atoms with Gasteiger partial charge in [0.05, 0.1) is 0 Å². The molecule has 1 amide bonds. The maximum absolute atomic E-state index is 11.9. The molecule has 20 heavy (non-hydrogen) atoms. The van der Waals surface area contributed by atoms with E-state index < -0.39 is 6.10 Å².